The summed E-state index contributed by atoms with van der Waals surface area (Å²) in [5.41, 5.74) is -0.218. The summed E-state index contributed by atoms with van der Waals surface area (Å²) in [5, 5.41) is 3.16. The molecule has 1 N–H and O–H groups in total. The monoisotopic (exact) mass is 263 g/mol. The van der Waals surface area contributed by atoms with Crippen LogP contribution in [0.15, 0.2) is 0 Å². The van der Waals surface area contributed by atoms with Gasteiger partial charge in [-0.3, -0.25) is 4.79 Å². The molecule has 2 saturated heterocycles. The van der Waals surface area contributed by atoms with E-state index in [2.05, 4.69) is 5.32 Å². The Morgan fingerprint density at radius 2 is 2.25 bits per heavy atom. The molecule has 0 spiro atoms. The Balaban J connectivity index is 1.91. The molecule has 0 bridgehead atoms. The van der Waals surface area contributed by atoms with Crippen molar-refractivity contribution in [3.63, 3.8) is 0 Å². The van der Waals surface area contributed by atoms with Crippen LogP contribution >= 0.6 is 23.4 Å². The highest BCUT2D eigenvalue weighted by Crippen LogP contribution is 2.27. The average molecular weight is 264 g/mol. The number of nitrogens with one attached hydrogen (secondary N) is 1. The van der Waals surface area contributed by atoms with Gasteiger partial charge in [-0.2, -0.15) is 11.8 Å². The lowest BCUT2D eigenvalue weighted by atomic mass is 9.91. The van der Waals surface area contributed by atoms with E-state index in [4.69, 9.17) is 16.3 Å². The van der Waals surface area contributed by atoms with Crippen molar-refractivity contribution < 1.29 is 9.53 Å². The number of carbonyl (C=O) groups excluding carboxylic acids is 1. The van der Waals surface area contributed by atoms with E-state index < -0.39 is 0 Å². The first-order valence-electron chi connectivity index (χ1n) is 5.79. The van der Waals surface area contributed by atoms with Crippen LogP contribution in [0.25, 0.3) is 0 Å². The molecule has 5 heteroatoms. The van der Waals surface area contributed by atoms with Crippen LogP contribution < -0.4 is 5.32 Å². The third-order valence-corrected chi connectivity index (χ3v) is 5.07. The van der Waals surface area contributed by atoms with Gasteiger partial charge in [0.2, 0.25) is 5.91 Å². The van der Waals surface area contributed by atoms with E-state index in [0.717, 1.165) is 30.8 Å². The zero-order valence-electron chi connectivity index (χ0n) is 9.34. The molecule has 1 atom stereocenters. The number of halogens is 1. The minimum atomic E-state index is -0.218. The Bertz CT molecular complexity index is 250. The third-order valence-electron chi connectivity index (χ3n) is 3.39. The lowest BCUT2D eigenvalue weighted by Gasteiger charge is -2.37. The van der Waals surface area contributed by atoms with E-state index in [-0.39, 0.29) is 17.4 Å². The van der Waals surface area contributed by atoms with Gasteiger partial charge in [0.25, 0.3) is 0 Å². The van der Waals surface area contributed by atoms with E-state index in [0.29, 0.717) is 19.1 Å². The van der Waals surface area contributed by atoms with Gasteiger partial charge in [0.1, 0.15) is 0 Å². The molecule has 0 radical (unpaired) electrons. The normalized spacial score (nSPS) is 28.9. The van der Waals surface area contributed by atoms with Gasteiger partial charge in [0, 0.05) is 30.8 Å². The predicted molar refractivity (Wildman–Crippen MR) is 67.1 cm³/mol. The number of carbonyl (C=O) groups is 1. The van der Waals surface area contributed by atoms with Crippen molar-refractivity contribution in [3.8, 4) is 0 Å². The van der Waals surface area contributed by atoms with Crippen molar-refractivity contribution in [1.82, 2.24) is 5.32 Å². The minimum absolute atomic E-state index is 0.188. The molecule has 1 amide bonds. The van der Waals surface area contributed by atoms with Crippen molar-refractivity contribution in [2.75, 3.05) is 30.6 Å². The number of hydrogen-bond donors (Lipinski definition) is 1. The first-order valence-corrected chi connectivity index (χ1v) is 7.48. The van der Waals surface area contributed by atoms with Crippen LogP contribution in [0.3, 0.4) is 0 Å². The summed E-state index contributed by atoms with van der Waals surface area (Å²) in [6, 6.07) is 0. The topological polar surface area (TPSA) is 38.3 Å². The average Bonchev–Trinajstić information content (AvgIpc) is 2.84. The molecule has 0 aromatic rings. The van der Waals surface area contributed by atoms with Crippen LogP contribution in [-0.4, -0.2) is 42.0 Å². The molecular formula is C11H18ClNO2S. The Morgan fingerprint density at radius 3 is 2.81 bits per heavy atom. The molecular weight excluding hydrogens is 246 g/mol. The second-order valence-electron chi connectivity index (χ2n) is 4.58. The number of alkyl halides is 1. The highest BCUT2D eigenvalue weighted by molar-refractivity contribution is 7.99. The molecule has 2 rings (SSSR count). The van der Waals surface area contributed by atoms with Gasteiger partial charge in [0.15, 0.2) is 0 Å². The van der Waals surface area contributed by atoms with Crippen LogP contribution in [0, 0.1) is 5.92 Å². The summed E-state index contributed by atoms with van der Waals surface area (Å²) in [6.45, 7) is 1.40. The summed E-state index contributed by atoms with van der Waals surface area (Å²) in [4.78, 5) is 12.1. The standard InChI is InChI=1S/C11H18ClNO2S/c12-8-11(2-4-15-5-3-11)13-10(14)9-1-6-16-7-9/h9H,1-8H2,(H,13,14). The number of ether oxygens (including phenoxy) is 1. The van der Waals surface area contributed by atoms with Gasteiger partial charge in [-0.05, 0) is 25.0 Å². The molecule has 2 aliphatic heterocycles. The van der Waals surface area contributed by atoms with Gasteiger partial charge in [-0.1, -0.05) is 0 Å². The quantitative estimate of drug-likeness (QED) is 0.787. The number of thioether (sulfide) groups is 1. The van der Waals surface area contributed by atoms with E-state index in [9.17, 15) is 4.79 Å². The summed E-state index contributed by atoms with van der Waals surface area (Å²) < 4.78 is 5.32. The second-order valence-corrected chi connectivity index (χ2v) is 5.99. The molecule has 2 aliphatic rings. The molecule has 0 aromatic heterocycles. The van der Waals surface area contributed by atoms with Crippen LogP contribution in [0.4, 0.5) is 0 Å². The van der Waals surface area contributed by atoms with Crippen molar-refractivity contribution in [2.24, 2.45) is 5.92 Å². The fourth-order valence-electron chi connectivity index (χ4n) is 2.16. The van der Waals surface area contributed by atoms with E-state index in [1.54, 1.807) is 0 Å². The largest absolute Gasteiger partial charge is 0.381 e. The van der Waals surface area contributed by atoms with E-state index in [1.807, 2.05) is 11.8 Å². The lowest BCUT2D eigenvalue weighted by Crippen LogP contribution is -2.55. The van der Waals surface area contributed by atoms with Crippen molar-refractivity contribution >= 4 is 29.3 Å². The van der Waals surface area contributed by atoms with Crippen LogP contribution in [0.1, 0.15) is 19.3 Å². The molecule has 92 valence electrons. The molecule has 3 nitrogen and oxygen atoms in total. The second kappa shape index (κ2) is 5.61. The molecule has 16 heavy (non-hydrogen) atoms. The predicted octanol–water partition coefficient (Wildman–Crippen LogP) is 1.64. The number of amides is 1. The fourth-order valence-corrected chi connectivity index (χ4v) is 3.71. The van der Waals surface area contributed by atoms with E-state index >= 15 is 0 Å². The molecule has 2 heterocycles. The maximum absolute atomic E-state index is 12.1. The number of hydrogen-bond acceptors (Lipinski definition) is 3. The van der Waals surface area contributed by atoms with Gasteiger partial charge < -0.3 is 10.1 Å². The zero-order chi connectivity index (χ0) is 11.4. The first kappa shape index (κ1) is 12.5. The third kappa shape index (κ3) is 2.84. The summed E-state index contributed by atoms with van der Waals surface area (Å²) in [7, 11) is 0. The maximum Gasteiger partial charge on any atom is 0.224 e. The fraction of sp³-hybridized carbons (Fsp3) is 0.909. The Labute approximate surface area is 106 Å². The van der Waals surface area contributed by atoms with Crippen LogP contribution in [-0.2, 0) is 9.53 Å². The Kier molecular flexibility index (Phi) is 4.39. The Hall–Kier alpha value is 0.0700. The first-order chi connectivity index (χ1) is 7.76. The summed E-state index contributed by atoms with van der Waals surface area (Å²) in [6.07, 6.45) is 2.68. The molecule has 1 unspecified atom stereocenters. The van der Waals surface area contributed by atoms with Gasteiger partial charge in [0.05, 0.1) is 5.54 Å². The van der Waals surface area contributed by atoms with Gasteiger partial charge >= 0.3 is 0 Å². The highest BCUT2D eigenvalue weighted by Gasteiger charge is 2.35. The van der Waals surface area contributed by atoms with Gasteiger partial charge in [-0.15, -0.1) is 11.6 Å². The van der Waals surface area contributed by atoms with Crippen LogP contribution in [0.2, 0.25) is 0 Å². The Morgan fingerprint density at radius 1 is 1.50 bits per heavy atom. The molecule has 0 saturated carbocycles. The minimum Gasteiger partial charge on any atom is -0.381 e. The zero-order valence-corrected chi connectivity index (χ0v) is 10.9. The SMILES string of the molecule is O=C(NC1(CCl)CCOCC1)C1CCSC1. The summed E-state index contributed by atoms with van der Waals surface area (Å²) in [5.74, 6) is 2.93. The smallest absolute Gasteiger partial charge is 0.224 e. The molecule has 0 aliphatic carbocycles. The maximum atomic E-state index is 12.1. The van der Waals surface area contributed by atoms with E-state index in [1.165, 1.54) is 0 Å². The van der Waals surface area contributed by atoms with Crippen molar-refractivity contribution in [2.45, 2.75) is 24.8 Å². The van der Waals surface area contributed by atoms with Crippen molar-refractivity contribution in [3.05, 3.63) is 0 Å². The lowest BCUT2D eigenvalue weighted by molar-refractivity contribution is -0.127. The van der Waals surface area contributed by atoms with Gasteiger partial charge in [-0.25, -0.2) is 0 Å². The van der Waals surface area contributed by atoms with Crippen LogP contribution in [0.5, 0.6) is 0 Å². The highest BCUT2D eigenvalue weighted by atomic mass is 35.5. The summed E-state index contributed by atoms with van der Waals surface area (Å²) >= 11 is 7.87. The molecule has 0 aromatic carbocycles. The molecule has 2 fully saturated rings. The van der Waals surface area contributed by atoms with Crippen molar-refractivity contribution in [1.29, 1.82) is 0 Å². The number of rotatable bonds is 3.